The zero-order chi connectivity index (χ0) is 14.0. The number of amides is 3. The van der Waals surface area contributed by atoms with Crippen LogP contribution >= 0.6 is 0 Å². The summed E-state index contributed by atoms with van der Waals surface area (Å²) in [5, 5.41) is 16.0. The number of hydrogen-bond acceptors (Lipinski definition) is 3. The third kappa shape index (κ3) is 7.48. The molecule has 0 saturated carbocycles. The summed E-state index contributed by atoms with van der Waals surface area (Å²) < 4.78 is 0. The molecule has 0 heterocycles. The summed E-state index contributed by atoms with van der Waals surface area (Å²) in [6.45, 7) is 4.14. The first-order valence-corrected chi connectivity index (χ1v) is 6.05. The van der Waals surface area contributed by atoms with Crippen LogP contribution in [0.2, 0.25) is 0 Å². The summed E-state index contributed by atoms with van der Waals surface area (Å²) in [5.41, 5.74) is 0. The minimum Gasteiger partial charge on any atom is -0.480 e. The van der Waals surface area contributed by atoms with E-state index in [4.69, 9.17) is 5.11 Å². The van der Waals surface area contributed by atoms with E-state index in [9.17, 15) is 14.4 Å². The van der Waals surface area contributed by atoms with E-state index in [0.29, 0.717) is 19.4 Å². The van der Waals surface area contributed by atoms with Gasteiger partial charge in [0.25, 0.3) is 0 Å². The fourth-order valence-electron chi connectivity index (χ4n) is 1.24. The van der Waals surface area contributed by atoms with Crippen LogP contribution < -0.4 is 16.0 Å². The molecule has 4 N–H and O–H groups in total. The summed E-state index contributed by atoms with van der Waals surface area (Å²) in [5.74, 6) is -1.38. The smallest absolute Gasteiger partial charge is 0.326 e. The SMILES string of the molecule is CCCNC(=O)CNC(=O)N[C@H](CCC)C(=O)O. The van der Waals surface area contributed by atoms with Gasteiger partial charge in [-0.2, -0.15) is 0 Å². The van der Waals surface area contributed by atoms with Crippen LogP contribution in [0.1, 0.15) is 33.1 Å². The molecular formula is C11H21N3O4. The minimum absolute atomic E-state index is 0.162. The second-order valence-corrected chi connectivity index (χ2v) is 3.86. The lowest BCUT2D eigenvalue weighted by Crippen LogP contribution is -2.48. The maximum atomic E-state index is 11.3. The lowest BCUT2D eigenvalue weighted by Gasteiger charge is -2.14. The highest BCUT2D eigenvalue weighted by atomic mass is 16.4. The van der Waals surface area contributed by atoms with Gasteiger partial charge in [0.15, 0.2) is 0 Å². The van der Waals surface area contributed by atoms with Crippen molar-refractivity contribution >= 4 is 17.9 Å². The van der Waals surface area contributed by atoms with Gasteiger partial charge in [-0.25, -0.2) is 9.59 Å². The molecule has 0 bridgehead atoms. The Morgan fingerprint density at radius 2 is 1.78 bits per heavy atom. The number of rotatable bonds is 8. The van der Waals surface area contributed by atoms with Gasteiger partial charge in [0.05, 0.1) is 6.54 Å². The fourth-order valence-corrected chi connectivity index (χ4v) is 1.24. The summed E-state index contributed by atoms with van der Waals surface area (Å²) >= 11 is 0. The van der Waals surface area contributed by atoms with E-state index in [2.05, 4.69) is 16.0 Å². The number of hydrogen-bond donors (Lipinski definition) is 4. The highest BCUT2D eigenvalue weighted by Crippen LogP contribution is 1.96. The molecule has 0 aliphatic rings. The molecule has 1 atom stereocenters. The van der Waals surface area contributed by atoms with E-state index in [-0.39, 0.29) is 12.5 Å². The molecule has 0 aliphatic heterocycles. The lowest BCUT2D eigenvalue weighted by molar-refractivity contribution is -0.139. The summed E-state index contributed by atoms with van der Waals surface area (Å²) in [4.78, 5) is 33.3. The standard InChI is InChI=1S/C11H21N3O4/c1-3-5-8(10(16)17)14-11(18)13-7-9(15)12-6-4-2/h8H,3-7H2,1-2H3,(H,12,15)(H,16,17)(H2,13,14,18)/t8-/m1/s1. The Hall–Kier alpha value is -1.79. The van der Waals surface area contributed by atoms with Crippen molar-refractivity contribution in [1.82, 2.24) is 16.0 Å². The molecule has 7 nitrogen and oxygen atoms in total. The van der Waals surface area contributed by atoms with Gasteiger partial charge in [-0.15, -0.1) is 0 Å². The molecule has 3 amide bonds. The molecule has 0 spiro atoms. The van der Waals surface area contributed by atoms with Gasteiger partial charge in [0, 0.05) is 6.54 Å². The van der Waals surface area contributed by atoms with Crippen LogP contribution in [0.4, 0.5) is 4.79 Å². The Morgan fingerprint density at radius 3 is 2.28 bits per heavy atom. The molecule has 0 unspecified atom stereocenters. The molecule has 104 valence electrons. The molecule has 0 aromatic heterocycles. The Labute approximate surface area is 106 Å². The van der Waals surface area contributed by atoms with E-state index < -0.39 is 18.0 Å². The zero-order valence-corrected chi connectivity index (χ0v) is 10.8. The number of carbonyl (C=O) groups is 3. The van der Waals surface area contributed by atoms with Crippen LogP contribution in [0, 0.1) is 0 Å². The van der Waals surface area contributed by atoms with Gasteiger partial charge < -0.3 is 21.1 Å². The molecule has 0 aromatic rings. The number of urea groups is 1. The lowest BCUT2D eigenvalue weighted by atomic mass is 10.2. The molecular weight excluding hydrogens is 238 g/mol. The predicted octanol–water partition coefficient (Wildman–Crippen LogP) is 0.0651. The van der Waals surface area contributed by atoms with Crippen LogP contribution in [0.3, 0.4) is 0 Å². The van der Waals surface area contributed by atoms with Crippen molar-refractivity contribution < 1.29 is 19.5 Å². The number of aliphatic carboxylic acids is 1. The van der Waals surface area contributed by atoms with E-state index in [1.165, 1.54) is 0 Å². The normalized spacial score (nSPS) is 11.4. The van der Waals surface area contributed by atoms with E-state index >= 15 is 0 Å². The maximum Gasteiger partial charge on any atom is 0.326 e. The molecule has 7 heteroatoms. The first-order valence-electron chi connectivity index (χ1n) is 6.05. The average Bonchev–Trinajstić information content (AvgIpc) is 2.33. The van der Waals surface area contributed by atoms with Crippen molar-refractivity contribution in [3.8, 4) is 0 Å². The number of nitrogens with one attached hydrogen (secondary N) is 3. The second-order valence-electron chi connectivity index (χ2n) is 3.86. The van der Waals surface area contributed by atoms with E-state index in [1.54, 1.807) is 0 Å². The Bertz CT molecular complexity index is 294. The van der Waals surface area contributed by atoms with Gasteiger partial charge in [-0.05, 0) is 12.8 Å². The number of carboxylic acid groups (broad SMARTS) is 1. The first kappa shape index (κ1) is 16.2. The van der Waals surface area contributed by atoms with Crippen molar-refractivity contribution in [2.75, 3.05) is 13.1 Å². The van der Waals surface area contributed by atoms with Gasteiger partial charge in [-0.1, -0.05) is 20.3 Å². The molecule has 0 aliphatic carbocycles. The average molecular weight is 259 g/mol. The highest BCUT2D eigenvalue weighted by Gasteiger charge is 2.18. The second kappa shape index (κ2) is 9.26. The van der Waals surface area contributed by atoms with Crippen LogP contribution in [0.15, 0.2) is 0 Å². The summed E-state index contributed by atoms with van der Waals surface area (Å²) in [6, 6.07) is -1.57. The van der Waals surface area contributed by atoms with Crippen molar-refractivity contribution in [3.05, 3.63) is 0 Å². The van der Waals surface area contributed by atoms with Gasteiger partial charge >= 0.3 is 12.0 Å². The van der Waals surface area contributed by atoms with Gasteiger partial charge in [0.2, 0.25) is 5.91 Å². The Balaban J connectivity index is 3.94. The predicted molar refractivity (Wildman–Crippen MR) is 66.2 cm³/mol. The van der Waals surface area contributed by atoms with Crippen molar-refractivity contribution in [2.24, 2.45) is 0 Å². The minimum atomic E-state index is -1.08. The maximum absolute atomic E-state index is 11.3. The summed E-state index contributed by atoms with van der Waals surface area (Å²) in [7, 11) is 0. The number of carboxylic acids is 1. The monoisotopic (exact) mass is 259 g/mol. The van der Waals surface area contributed by atoms with Crippen molar-refractivity contribution in [1.29, 1.82) is 0 Å². The molecule has 0 saturated heterocycles. The van der Waals surface area contributed by atoms with Crippen LogP contribution in [-0.4, -0.2) is 42.1 Å². The number of carbonyl (C=O) groups excluding carboxylic acids is 2. The fraction of sp³-hybridized carbons (Fsp3) is 0.727. The van der Waals surface area contributed by atoms with E-state index in [1.807, 2.05) is 13.8 Å². The Morgan fingerprint density at radius 1 is 1.11 bits per heavy atom. The van der Waals surface area contributed by atoms with Crippen molar-refractivity contribution in [3.63, 3.8) is 0 Å². The van der Waals surface area contributed by atoms with Gasteiger partial charge in [0.1, 0.15) is 6.04 Å². The first-order chi connectivity index (χ1) is 8.51. The quantitative estimate of drug-likeness (QED) is 0.494. The molecule has 0 aromatic carbocycles. The topological polar surface area (TPSA) is 108 Å². The van der Waals surface area contributed by atoms with Crippen LogP contribution in [0.25, 0.3) is 0 Å². The van der Waals surface area contributed by atoms with E-state index in [0.717, 1.165) is 6.42 Å². The molecule has 0 rings (SSSR count). The van der Waals surface area contributed by atoms with Crippen molar-refractivity contribution in [2.45, 2.75) is 39.2 Å². The highest BCUT2D eigenvalue weighted by molar-refractivity contribution is 5.86. The van der Waals surface area contributed by atoms with Gasteiger partial charge in [-0.3, -0.25) is 4.79 Å². The van der Waals surface area contributed by atoms with Crippen LogP contribution in [0.5, 0.6) is 0 Å². The molecule has 0 fully saturated rings. The van der Waals surface area contributed by atoms with Crippen LogP contribution in [-0.2, 0) is 9.59 Å². The molecule has 18 heavy (non-hydrogen) atoms. The molecule has 0 radical (unpaired) electrons. The largest absolute Gasteiger partial charge is 0.480 e. The third-order valence-electron chi connectivity index (χ3n) is 2.16. The Kier molecular flexibility index (Phi) is 8.34. The zero-order valence-electron chi connectivity index (χ0n) is 10.8. The summed E-state index contributed by atoms with van der Waals surface area (Å²) in [6.07, 6.45) is 1.81. The third-order valence-corrected chi connectivity index (χ3v) is 2.16.